The van der Waals surface area contributed by atoms with Crippen molar-refractivity contribution in [3.8, 4) is 0 Å². The van der Waals surface area contributed by atoms with Crippen molar-refractivity contribution in [2.45, 2.75) is 26.2 Å². The SMILES string of the molecule is CCCCCNC(=O)c1ccc(C=NOC)cc1. The Morgan fingerprint density at radius 1 is 1.33 bits per heavy atom. The second-order valence-electron chi connectivity index (χ2n) is 4.00. The van der Waals surface area contributed by atoms with Crippen molar-refractivity contribution in [1.29, 1.82) is 0 Å². The lowest BCUT2D eigenvalue weighted by Crippen LogP contribution is -2.24. The van der Waals surface area contributed by atoms with Crippen molar-refractivity contribution in [3.63, 3.8) is 0 Å². The van der Waals surface area contributed by atoms with Gasteiger partial charge in [-0.15, -0.1) is 0 Å². The van der Waals surface area contributed by atoms with Crippen LogP contribution in [0.4, 0.5) is 0 Å². The first-order chi connectivity index (χ1) is 8.77. The number of hydrogen-bond donors (Lipinski definition) is 1. The van der Waals surface area contributed by atoms with E-state index in [4.69, 9.17) is 0 Å². The monoisotopic (exact) mass is 248 g/mol. The molecule has 1 rings (SSSR count). The van der Waals surface area contributed by atoms with Gasteiger partial charge in [-0.3, -0.25) is 4.79 Å². The van der Waals surface area contributed by atoms with Crippen molar-refractivity contribution in [2.75, 3.05) is 13.7 Å². The van der Waals surface area contributed by atoms with E-state index >= 15 is 0 Å². The molecule has 0 aliphatic carbocycles. The summed E-state index contributed by atoms with van der Waals surface area (Å²) in [5.41, 5.74) is 1.57. The molecule has 1 N–H and O–H groups in total. The highest BCUT2D eigenvalue weighted by molar-refractivity contribution is 5.94. The zero-order valence-corrected chi connectivity index (χ0v) is 11.0. The molecule has 0 radical (unpaired) electrons. The fourth-order valence-corrected chi connectivity index (χ4v) is 1.51. The fraction of sp³-hybridized carbons (Fsp3) is 0.429. The van der Waals surface area contributed by atoms with Crippen molar-refractivity contribution in [3.05, 3.63) is 35.4 Å². The summed E-state index contributed by atoms with van der Waals surface area (Å²) < 4.78 is 0. The number of oxime groups is 1. The van der Waals surface area contributed by atoms with Gasteiger partial charge < -0.3 is 10.2 Å². The van der Waals surface area contributed by atoms with Crippen molar-refractivity contribution in [1.82, 2.24) is 5.32 Å². The number of nitrogens with zero attached hydrogens (tertiary/aromatic N) is 1. The van der Waals surface area contributed by atoms with E-state index in [-0.39, 0.29) is 5.91 Å². The molecule has 0 atom stereocenters. The Hall–Kier alpha value is -1.84. The molecule has 0 spiro atoms. The summed E-state index contributed by atoms with van der Waals surface area (Å²) >= 11 is 0. The van der Waals surface area contributed by atoms with E-state index in [0.29, 0.717) is 5.56 Å². The van der Waals surface area contributed by atoms with Gasteiger partial charge in [0.05, 0.1) is 6.21 Å². The van der Waals surface area contributed by atoms with Crippen LogP contribution in [0.2, 0.25) is 0 Å². The van der Waals surface area contributed by atoms with Crippen LogP contribution in [0, 0.1) is 0 Å². The molecular weight excluding hydrogens is 228 g/mol. The predicted molar refractivity (Wildman–Crippen MR) is 72.9 cm³/mol. The van der Waals surface area contributed by atoms with E-state index in [9.17, 15) is 4.79 Å². The van der Waals surface area contributed by atoms with Crippen LogP contribution in [-0.4, -0.2) is 25.8 Å². The topological polar surface area (TPSA) is 50.7 Å². The summed E-state index contributed by atoms with van der Waals surface area (Å²) in [4.78, 5) is 16.4. The first-order valence-electron chi connectivity index (χ1n) is 6.22. The third-order valence-corrected chi connectivity index (χ3v) is 2.55. The van der Waals surface area contributed by atoms with E-state index in [0.717, 1.165) is 31.4 Å². The van der Waals surface area contributed by atoms with Crippen molar-refractivity contribution < 1.29 is 9.63 Å². The normalized spacial score (nSPS) is 10.6. The van der Waals surface area contributed by atoms with Gasteiger partial charge in [-0.25, -0.2) is 0 Å². The van der Waals surface area contributed by atoms with Gasteiger partial charge >= 0.3 is 0 Å². The maximum Gasteiger partial charge on any atom is 0.251 e. The van der Waals surface area contributed by atoms with Gasteiger partial charge in [0.2, 0.25) is 0 Å². The summed E-state index contributed by atoms with van der Waals surface area (Å²) in [6, 6.07) is 7.24. The first-order valence-corrected chi connectivity index (χ1v) is 6.22. The van der Waals surface area contributed by atoms with Crippen LogP contribution in [0.25, 0.3) is 0 Å². The molecule has 1 aromatic rings. The lowest BCUT2D eigenvalue weighted by molar-refractivity contribution is 0.0953. The predicted octanol–water partition coefficient (Wildman–Crippen LogP) is 2.59. The van der Waals surface area contributed by atoms with Crippen molar-refractivity contribution in [2.24, 2.45) is 5.16 Å². The Bertz CT molecular complexity index is 385. The molecule has 0 heterocycles. The summed E-state index contributed by atoms with van der Waals surface area (Å²) in [6.07, 6.45) is 4.93. The van der Waals surface area contributed by atoms with Crippen LogP contribution >= 0.6 is 0 Å². The molecular formula is C14H20N2O2. The number of rotatable bonds is 7. The van der Waals surface area contributed by atoms with Crippen LogP contribution < -0.4 is 5.32 Å². The molecule has 0 fully saturated rings. The Morgan fingerprint density at radius 2 is 2.06 bits per heavy atom. The zero-order valence-electron chi connectivity index (χ0n) is 11.0. The van der Waals surface area contributed by atoms with Crippen LogP contribution in [0.3, 0.4) is 0 Å². The van der Waals surface area contributed by atoms with Gasteiger partial charge in [-0.05, 0) is 24.1 Å². The highest BCUT2D eigenvalue weighted by atomic mass is 16.6. The number of unbranched alkanes of at least 4 members (excludes halogenated alkanes) is 2. The second kappa shape index (κ2) is 8.28. The third-order valence-electron chi connectivity index (χ3n) is 2.55. The average molecular weight is 248 g/mol. The quantitative estimate of drug-likeness (QED) is 0.458. The minimum absolute atomic E-state index is 0.0265. The summed E-state index contributed by atoms with van der Waals surface area (Å²) in [7, 11) is 1.49. The third kappa shape index (κ3) is 4.99. The van der Waals surface area contributed by atoms with Gasteiger partial charge in [0, 0.05) is 12.1 Å². The molecule has 18 heavy (non-hydrogen) atoms. The number of amides is 1. The molecule has 0 saturated carbocycles. The molecule has 0 aromatic heterocycles. The van der Waals surface area contributed by atoms with Gasteiger partial charge in [0.15, 0.2) is 0 Å². The number of benzene rings is 1. The molecule has 0 unspecified atom stereocenters. The summed E-state index contributed by atoms with van der Waals surface area (Å²) in [5, 5.41) is 6.56. The van der Waals surface area contributed by atoms with Gasteiger partial charge in [0.1, 0.15) is 7.11 Å². The minimum atomic E-state index is -0.0265. The number of carbonyl (C=O) groups is 1. The Balaban J connectivity index is 2.46. The summed E-state index contributed by atoms with van der Waals surface area (Å²) in [6.45, 7) is 2.88. The van der Waals surface area contributed by atoms with E-state index < -0.39 is 0 Å². The highest BCUT2D eigenvalue weighted by Crippen LogP contribution is 2.03. The lowest BCUT2D eigenvalue weighted by atomic mass is 10.1. The average Bonchev–Trinajstić information content (AvgIpc) is 2.41. The summed E-state index contributed by atoms with van der Waals surface area (Å²) in [5.74, 6) is -0.0265. The highest BCUT2D eigenvalue weighted by Gasteiger charge is 2.03. The van der Waals surface area contributed by atoms with Crippen LogP contribution in [-0.2, 0) is 4.84 Å². The van der Waals surface area contributed by atoms with Gasteiger partial charge in [0.25, 0.3) is 5.91 Å². The van der Waals surface area contributed by atoms with Crippen molar-refractivity contribution >= 4 is 12.1 Å². The van der Waals surface area contributed by atoms with Crippen LogP contribution in [0.15, 0.2) is 29.4 Å². The zero-order chi connectivity index (χ0) is 13.2. The molecule has 1 aromatic carbocycles. The molecule has 0 bridgehead atoms. The standard InChI is InChI=1S/C14H20N2O2/c1-3-4-5-10-15-14(17)13-8-6-12(7-9-13)11-16-18-2/h6-9,11H,3-5,10H2,1-2H3,(H,15,17). The molecule has 0 saturated heterocycles. The number of carbonyl (C=O) groups excluding carboxylic acids is 1. The Labute approximate surface area is 108 Å². The van der Waals surface area contributed by atoms with Gasteiger partial charge in [-0.2, -0.15) is 0 Å². The second-order valence-corrected chi connectivity index (χ2v) is 4.00. The van der Waals surface area contributed by atoms with Gasteiger partial charge in [-0.1, -0.05) is 37.1 Å². The lowest BCUT2D eigenvalue weighted by Gasteiger charge is -2.04. The molecule has 98 valence electrons. The minimum Gasteiger partial charge on any atom is -0.399 e. The number of hydrogen-bond acceptors (Lipinski definition) is 3. The maximum absolute atomic E-state index is 11.8. The Kier molecular flexibility index (Phi) is 6.54. The number of nitrogens with one attached hydrogen (secondary N) is 1. The first kappa shape index (κ1) is 14.2. The largest absolute Gasteiger partial charge is 0.399 e. The molecule has 1 amide bonds. The van der Waals surface area contributed by atoms with Crippen LogP contribution in [0.1, 0.15) is 42.1 Å². The molecule has 4 heteroatoms. The molecule has 0 aliphatic rings. The Morgan fingerprint density at radius 3 is 2.67 bits per heavy atom. The smallest absolute Gasteiger partial charge is 0.251 e. The fourth-order valence-electron chi connectivity index (χ4n) is 1.51. The van der Waals surface area contributed by atoms with E-state index in [1.807, 2.05) is 12.1 Å². The molecule has 0 aliphatic heterocycles. The van der Waals surface area contributed by atoms with E-state index in [1.54, 1.807) is 18.3 Å². The van der Waals surface area contributed by atoms with E-state index in [1.165, 1.54) is 7.11 Å². The van der Waals surface area contributed by atoms with E-state index in [2.05, 4.69) is 22.2 Å². The molecule has 4 nitrogen and oxygen atoms in total. The van der Waals surface area contributed by atoms with Crippen LogP contribution in [0.5, 0.6) is 0 Å². The maximum atomic E-state index is 11.8.